The zero-order valence-corrected chi connectivity index (χ0v) is 12.7. The number of anilines is 1. The topological polar surface area (TPSA) is 45.2 Å². The van der Waals surface area contributed by atoms with Gasteiger partial charge in [0.15, 0.2) is 0 Å². The second-order valence-corrected chi connectivity index (χ2v) is 5.65. The number of likely N-dealkylation sites (tertiary alicyclic amines) is 1. The van der Waals surface area contributed by atoms with Gasteiger partial charge in [-0.1, -0.05) is 0 Å². The third-order valence-electron chi connectivity index (χ3n) is 4.28. The van der Waals surface area contributed by atoms with Crippen molar-refractivity contribution in [3.8, 4) is 0 Å². The van der Waals surface area contributed by atoms with Crippen molar-refractivity contribution in [3.05, 3.63) is 48.4 Å². The van der Waals surface area contributed by atoms with E-state index in [9.17, 15) is 4.39 Å². The SMILES string of the molecule is CN(c1ccncn1)C1CCN(Cc2ccncc2F)CC1. The number of pyridine rings is 1. The number of nitrogens with zero attached hydrogens (tertiary/aromatic N) is 5. The highest BCUT2D eigenvalue weighted by Crippen LogP contribution is 2.21. The van der Waals surface area contributed by atoms with Crippen molar-refractivity contribution in [1.29, 1.82) is 0 Å². The molecule has 0 N–H and O–H groups in total. The summed E-state index contributed by atoms with van der Waals surface area (Å²) in [6, 6.07) is 4.15. The van der Waals surface area contributed by atoms with Crippen molar-refractivity contribution in [2.75, 3.05) is 25.0 Å². The van der Waals surface area contributed by atoms with E-state index in [-0.39, 0.29) is 5.82 Å². The summed E-state index contributed by atoms with van der Waals surface area (Å²) in [7, 11) is 2.07. The Hall–Kier alpha value is -2.08. The second kappa shape index (κ2) is 6.79. The Bertz CT molecular complexity index is 598. The van der Waals surface area contributed by atoms with Gasteiger partial charge in [0.25, 0.3) is 0 Å². The Morgan fingerprint density at radius 2 is 2.00 bits per heavy atom. The minimum Gasteiger partial charge on any atom is -0.356 e. The molecule has 1 saturated heterocycles. The molecule has 0 aromatic carbocycles. The molecule has 1 fully saturated rings. The van der Waals surface area contributed by atoms with E-state index in [4.69, 9.17) is 0 Å². The molecule has 0 unspecified atom stereocenters. The molecule has 2 aromatic rings. The fourth-order valence-corrected chi connectivity index (χ4v) is 2.92. The molecule has 0 aliphatic carbocycles. The Balaban J connectivity index is 1.55. The van der Waals surface area contributed by atoms with Crippen LogP contribution in [0.3, 0.4) is 0 Å². The largest absolute Gasteiger partial charge is 0.356 e. The molecule has 5 nitrogen and oxygen atoms in total. The van der Waals surface area contributed by atoms with E-state index >= 15 is 0 Å². The monoisotopic (exact) mass is 301 g/mol. The van der Waals surface area contributed by atoms with Gasteiger partial charge >= 0.3 is 0 Å². The molecular formula is C16H20FN5. The highest BCUT2D eigenvalue weighted by atomic mass is 19.1. The number of hydrogen-bond acceptors (Lipinski definition) is 5. The highest BCUT2D eigenvalue weighted by molar-refractivity contribution is 5.36. The fraction of sp³-hybridized carbons (Fsp3) is 0.438. The summed E-state index contributed by atoms with van der Waals surface area (Å²) in [5.74, 6) is 0.733. The summed E-state index contributed by atoms with van der Waals surface area (Å²) >= 11 is 0. The summed E-state index contributed by atoms with van der Waals surface area (Å²) in [6.45, 7) is 2.57. The lowest BCUT2D eigenvalue weighted by atomic mass is 10.0. The Labute approximate surface area is 129 Å². The van der Waals surface area contributed by atoms with E-state index in [1.807, 2.05) is 6.07 Å². The van der Waals surface area contributed by atoms with Gasteiger partial charge in [-0.3, -0.25) is 9.88 Å². The van der Waals surface area contributed by atoms with Gasteiger partial charge in [-0.05, 0) is 25.0 Å². The minimum absolute atomic E-state index is 0.220. The summed E-state index contributed by atoms with van der Waals surface area (Å²) in [5.41, 5.74) is 0.720. The number of halogens is 1. The molecule has 0 radical (unpaired) electrons. The van der Waals surface area contributed by atoms with Crippen LogP contribution in [0.25, 0.3) is 0 Å². The van der Waals surface area contributed by atoms with Gasteiger partial charge in [0.1, 0.15) is 18.0 Å². The van der Waals surface area contributed by atoms with E-state index in [0.717, 1.165) is 37.3 Å². The first-order chi connectivity index (χ1) is 10.7. The molecule has 1 aliphatic rings. The predicted molar refractivity (Wildman–Crippen MR) is 82.9 cm³/mol. The van der Waals surface area contributed by atoms with E-state index in [2.05, 4.69) is 31.8 Å². The quantitative estimate of drug-likeness (QED) is 0.865. The van der Waals surface area contributed by atoms with Gasteiger partial charge in [0.2, 0.25) is 0 Å². The van der Waals surface area contributed by atoms with Crippen molar-refractivity contribution in [3.63, 3.8) is 0 Å². The summed E-state index contributed by atoms with van der Waals surface area (Å²) in [6.07, 6.45) is 8.37. The molecule has 0 atom stereocenters. The first kappa shape index (κ1) is 14.8. The Kier molecular flexibility index (Phi) is 4.58. The average molecular weight is 301 g/mol. The molecule has 0 spiro atoms. The molecule has 3 heterocycles. The fourth-order valence-electron chi connectivity index (χ4n) is 2.92. The van der Waals surface area contributed by atoms with Crippen LogP contribution in [0.15, 0.2) is 37.1 Å². The van der Waals surface area contributed by atoms with Crippen molar-refractivity contribution < 1.29 is 4.39 Å². The average Bonchev–Trinajstić information content (AvgIpc) is 2.58. The van der Waals surface area contributed by atoms with Crippen molar-refractivity contribution in [2.24, 2.45) is 0 Å². The zero-order valence-electron chi connectivity index (χ0n) is 12.7. The number of aromatic nitrogens is 3. The third-order valence-corrected chi connectivity index (χ3v) is 4.28. The van der Waals surface area contributed by atoms with E-state index in [1.54, 1.807) is 24.8 Å². The maximum absolute atomic E-state index is 13.7. The molecule has 2 aromatic heterocycles. The van der Waals surface area contributed by atoms with Crippen molar-refractivity contribution >= 4 is 5.82 Å². The summed E-state index contributed by atoms with van der Waals surface area (Å²) < 4.78 is 13.7. The van der Waals surface area contributed by atoms with Gasteiger partial charge in [0, 0.05) is 50.7 Å². The lowest BCUT2D eigenvalue weighted by Gasteiger charge is -2.37. The number of hydrogen-bond donors (Lipinski definition) is 0. The van der Waals surface area contributed by atoms with Gasteiger partial charge in [0.05, 0.1) is 6.20 Å². The standard InChI is InChI=1S/C16H20FN5/c1-21(16-3-7-19-12-20-16)14-4-8-22(9-5-14)11-13-2-6-18-10-15(13)17/h2-3,6-7,10,12,14H,4-5,8-9,11H2,1H3. The lowest BCUT2D eigenvalue weighted by Crippen LogP contribution is -2.43. The molecule has 6 heteroatoms. The van der Waals surface area contributed by atoms with Crippen LogP contribution < -0.4 is 4.90 Å². The van der Waals surface area contributed by atoms with Crippen LogP contribution in [-0.2, 0) is 6.54 Å². The van der Waals surface area contributed by atoms with Gasteiger partial charge < -0.3 is 4.90 Å². The van der Waals surface area contributed by atoms with Crippen molar-refractivity contribution in [1.82, 2.24) is 19.9 Å². The molecule has 116 valence electrons. The maximum atomic E-state index is 13.7. The van der Waals surface area contributed by atoms with E-state index < -0.39 is 0 Å². The van der Waals surface area contributed by atoms with Gasteiger partial charge in [-0.15, -0.1) is 0 Å². The van der Waals surface area contributed by atoms with Crippen LogP contribution in [0.5, 0.6) is 0 Å². The van der Waals surface area contributed by atoms with Gasteiger partial charge in [-0.25, -0.2) is 14.4 Å². The smallest absolute Gasteiger partial charge is 0.145 e. The van der Waals surface area contributed by atoms with Gasteiger partial charge in [-0.2, -0.15) is 0 Å². The van der Waals surface area contributed by atoms with Crippen LogP contribution in [0, 0.1) is 5.82 Å². The maximum Gasteiger partial charge on any atom is 0.145 e. The molecule has 0 bridgehead atoms. The van der Waals surface area contributed by atoms with Crippen molar-refractivity contribution in [2.45, 2.75) is 25.4 Å². The molecular weight excluding hydrogens is 281 g/mol. The highest BCUT2D eigenvalue weighted by Gasteiger charge is 2.23. The third kappa shape index (κ3) is 3.39. The van der Waals surface area contributed by atoms with Crippen LogP contribution in [0.4, 0.5) is 10.2 Å². The van der Waals surface area contributed by atoms with Crippen LogP contribution in [-0.4, -0.2) is 46.0 Å². The predicted octanol–water partition coefficient (Wildman–Crippen LogP) is 2.11. The minimum atomic E-state index is -0.220. The normalized spacial score (nSPS) is 16.6. The zero-order chi connectivity index (χ0) is 15.4. The van der Waals surface area contributed by atoms with E-state index in [0.29, 0.717) is 12.6 Å². The first-order valence-corrected chi connectivity index (χ1v) is 7.53. The number of rotatable bonds is 4. The molecule has 22 heavy (non-hydrogen) atoms. The van der Waals surface area contributed by atoms with E-state index in [1.165, 1.54) is 6.20 Å². The first-order valence-electron chi connectivity index (χ1n) is 7.53. The van der Waals surface area contributed by atoms with Crippen LogP contribution in [0.2, 0.25) is 0 Å². The summed E-state index contributed by atoms with van der Waals surface area (Å²) in [4.78, 5) is 16.6. The number of piperidine rings is 1. The van der Waals surface area contributed by atoms with Crippen LogP contribution >= 0.6 is 0 Å². The molecule has 0 amide bonds. The second-order valence-electron chi connectivity index (χ2n) is 5.65. The molecule has 1 aliphatic heterocycles. The Morgan fingerprint density at radius 3 is 2.68 bits per heavy atom. The molecule has 3 rings (SSSR count). The summed E-state index contributed by atoms with van der Waals surface area (Å²) in [5, 5.41) is 0. The molecule has 0 saturated carbocycles. The lowest BCUT2D eigenvalue weighted by molar-refractivity contribution is 0.201. The Morgan fingerprint density at radius 1 is 1.23 bits per heavy atom. The van der Waals surface area contributed by atoms with Crippen LogP contribution in [0.1, 0.15) is 18.4 Å².